The van der Waals surface area contributed by atoms with Crippen LogP contribution in [0.25, 0.3) is 10.9 Å². The fraction of sp³-hybridized carbons (Fsp3) is 0.360. The average molecular weight is 429 g/mol. The molecule has 1 N–H and O–H groups in total. The lowest BCUT2D eigenvalue weighted by atomic mass is 9.99. The minimum absolute atomic E-state index is 0.0747. The van der Waals surface area contributed by atoms with Crippen LogP contribution in [-0.2, 0) is 6.54 Å². The number of tetrazole rings is 1. The molecule has 0 spiro atoms. The van der Waals surface area contributed by atoms with Gasteiger partial charge in [0.1, 0.15) is 6.04 Å². The SMILES string of the molecule is Cc1cc(C)c2[nH]c(=O)c([C@H](c3nnnn3Cc3ccccc3)N3CCCCC3)cc2c1. The highest BCUT2D eigenvalue weighted by Crippen LogP contribution is 2.30. The molecular weight excluding hydrogens is 400 g/mol. The molecule has 1 atom stereocenters. The number of hydrogen-bond acceptors (Lipinski definition) is 5. The second-order valence-corrected chi connectivity index (χ2v) is 8.78. The van der Waals surface area contributed by atoms with Crippen LogP contribution in [-0.4, -0.2) is 43.2 Å². The lowest BCUT2D eigenvalue weighted by Crippen LogP contribution is -2.38. The van der Waals surface area contributed by atoms with Crippen LogP contribution >= 0.6 is 0 Å². The topological polar surface area (TPSA) is 79.7 Å². The number of rotatable bonds is 5. The fourth-order valence-corrected chi connectivity index (χ4v) is 4.86. The van der Waals surface area contributed by atoms with Crippen molar-refractivity contribution in [1.82, 2.24) is 30.1 Å². The van der Waals surface area contributed by atoms with Gasteiger partial charge in [0.2, 0.25) is 0 Å². The van der Waals surface area contributed by atoms with Crippen molar-refractivity contribution in [2.24, 2.45) is 0 Å². The maximum absolute atomic E-state index is 13.4. The summed E-state index contributed by atoms with van der Waals surface area (Å²) < 4.78 is 1.83. The van der Waals surface area contributed by atoms with Crippen LogP contribution in [0.1, 0.15) is 53.4 Å². The summed E-state index contributed by atoms with van der Waals surface area (Å²) in [7, 11) is 0. The van der Waals surface area contributed by atoms with Crippen LogP contribution in [0.4, 0.5) is 0 Å². The Morgan fingerprint density at radius 3 is 2.59 bits per heavy atom. The number of benzene rings is 2. The van der Waals surface area contributed by atoms with Crippen molar-refractivity contribution < 1.29 is 0 Å². The van der Waals surface area contributed by atoms with Gasteiger partial charge >= 0.3 is 0 Å². The van der Waals surface area contributed by atoms with E-state index in [0.717, 1.165) is 48.0 Å². The first-order valence-electron chi connectivity index (χ1n) is 11.3. The molecule has 2 aromatic carbocycles. The molecular formula is C25H28N6O. The zero-order valence-electron chi connectivity index (χ0n) is 18.6. The lowest BCUT2D eigenvalue weighted by molar-refractivity contribution is 0.177. The third-order valence-electron chi connectivity index (χ3n) is 6.35. The van der Waals surface area contributed by atoms with Gasteiger partial charge < -0.3 is 4.98 Å². The first-order valence-corrected chi connectivity index (χ1v) is 11.3. The summed E-state index contributed by atoms with van der Waals surface area (Å²) in [6.07, 6.45) is 3.44. The Labute approximate surface area is 187 Å². The Morgan fingerprint density at radius 2 is 1.81 bits per heavy atom. The number of nitrogens with one attached hydrogen (secondary N) is 1. The van der Waals surface area contributed by atoms with Crippen molar-refractivity contribution in [3.63, 3.8) is 0 Å². The maximum atomic E-state index is 13.4. The van der Waals surface area contributed by atoms with E-state index in [-0.39, 0.29) is 11.6 Å². The molecule has 5 rings (SSSR count). The van der Waals surface area contributed by atoms with Gasteiger partial charge in [-0.3, -0.25) is 9.69 Å². The first-order chi connectivity index (χ1) is 15.6. The quantitative estimate of drug-likeness (QED) is 0.524. The van der Waals surface area contributed by atoms with Gasteiger partial charge in [0.15, 0.2) is 5.82 Å². The van der Waals surface area contributed by atoms with Crippen LogP contribution in [0.3, 0.4) is 0 Å². The van der Waals surface area contributed by atoms with Crippen molar-refractivity contribution in [2.75, 3.05) is 13.1 Å². The van der Waals surface area contributed by atoms with E-state index in [1.54, 1.807) is 0 Å². The van der Waals surface area contributed by atoms with Gasteiger partial charge in [-0.15, -0.1) is 5.10 Å². The number of aromatic nitrogens is 5. The standard InChI is InChI=1S/C25H28N6O/c1-17-13-18(2)22-20(14-17)15-21(25(32)26-22)23(30-11-7-4-8-12-30)24-27-28-29-31(24)16-19-9-5-3-6-10-19/h3,5-6,9-10,13-15,23H,4,7-8,11-12,16H2,1-2H3,(H,26,32)/t23-/m1/s1. The smallest absolute Gasteiger partial charge is 0.253 e. The molecule has 164 valence electrons. The highest BCUT2D eigenvalue weighted by atomic mass is 16.1. The van der Waals surface area contributed by atoms with Crippen LogP contribution < -0.4 is 5.56 Å². The summed E-state index contributed by atoms with van der Waals surface area (Å²) in [5, 5.41) is 13.8. The lowest BCUT2D eigenvalue weighted by Gasteiger charge is -2.33. The fourth-order valence-electron chi connectivity index (χ4n) is 4.86. The Morgan fingerprint density at radius 1 is 1.03 bits per heavy atom. The Bertz CT molecular complexity index is 1290. The highest BCUT2D eigenvalue weighted by Gasteiger charge is 2.31. The van der Waals surface area contributed by atoms with E-state index in [1.165, 1.54) is 12.0 Å². The number of aromatic amines is 1. The first kappa shape index (κ1) is 20.6. The molecule has 1 aliphatic heterocycles. The molecule has 0 radical (unpaired) electrons. The summed E-state index contributed by atoms with van der Waals surface area (Å²) in [6, 6.07) is 16.1. The minimum atomic E-state index is -0.289. The number of hydrogen-bond donors (Lipinski definition) is 1. The maximum Gasteiger partial charge on any atom is 0.253 e. The number of piperidine rings is 1. The normalized spacial score (nSPS) is 15.8. The molecule has 0 bridgehead atoms. The summed E-state index contributed by atoms with van der Waals surface area (Å²) in [6.45, 7) is 6.53. The third-order valence-corrected chi connectivity index (χ3v) is 6.35. The van der Waals surface area contributed by atoms with Crippen molar-refractivity contribution in [1.29, 1.82) is 0 Å². The van der Waals surface area contributed by atoms with E-state index in [1.807, 2.05) is 35.9 Å². The molecule has 7 heteroatoms. The van der Waals surface area contributed by atoms with E-state index in [2.05, 4.69) is 56.6 Å². The third kappa shape index (κ3) is 3.96. The molecule has 0 unspecified atom stereocenters. The minimum Gasteiger partial charge on any atom is -0.321 e. The van der Waals surface area contributed by atoms with E-state index in [4.69, 9.17) is 0 Å². The molecule has 3 heterocycles. The molecule has 7 nitrogen and oxygen atoms in total. The van der Waals surface area contributed by atoms with Crippen LogP contribution in [0.15, 0.2) is 53.3 Å². The molecule has 32 heavy (non-hydrogen) atoms. The van der Waals surface area contributed by atoms with Gasteiger partial charge in [0.25, 0.3) is 5.56 Å². The van der Waals surface area contributed by atoms with E-state index < -0.39 is 0 Å². The van der Waals surface area contributed by atoms with E-state index in [9.17, 15) is 4.79 Å². The number of fused-ring (bicyclic) bond motifs is 1. The number of likely N-dealkylation sites (tertiary alicyclic amines) is 1. The summed E-state index contributed by atoms with van der Waals surface area (Å²) in [5.74, 6) is 0.713. The van der Waals surface area contributed by atoms with Crippen LogP contribution in [0, 0.1) is 13.8 Å². The molecule has 4 aromatic rings. The zero-order chi connectivity index (χ0) is 22.1. The van der Waals surface area contributed by atoms with Gasteiger partial charge in [0.05, 0.1) is 12.1 Å². The molecule has 1 saturated heterocycles. The van der Waals surface area contributed by atoms with Crippen molar-refractivity contribution in [3.8, 4) is 0 Å². The van der Waals surface area contributed by atoms with Gasteiger partial charge in [-0.1, -0.05) is 48.4 Å². The number of pyridine rings is 1. The monoisotopic (exact) mass is 428 g/mol. The van der Waals surface area contributed by atoms with Gasteiger partial charge in [-0.2, -0.15) is 0 Å². The molecule has 1 fully saturated rings. The van der Waals surface area contributed by atoms with Crippen LogP contribution in [0.5, 0.6) is 0 Å². The summed E-state index contributed by atoms with van der Waals surface area (Å²) >= 11 is 0. The van der Waals surface area contributed by atoms with Gasteiger partial charge in [-0.25, -0.2) is 4.68 Å². The van der Waals surface area contributed by atoms with Gasteiger partial charge in [-0.05, 0) is 78.9 Å². The van der Waals surface area contributed by atoms with Crippen molar-refractivity contribution >= 4 is 10.9 Å². The largest absolute Gasteiger partial charge is 0.321 e. The average Bonchev–Trinajstić information content (AvgIpc) is 3.24. The van der Waals surface area contributed by atoms with Gasteiger partial charge in [0, 0.05) is 5.56 Å². The predicted molar refractivity (Wildman–Crippen MR) is 125 cm³/mol. The predicted octanol–water partition coefficient (Wildman–Crippen LogP) is 3.76. The zero-order valence-corrected chi connectivity index (χ0v) is 18.6. The Kier molecular flexibility index (Phi) is 5.57. The number of aryl methyl sites for hydroxylation is 2. The summed E-state index contributed by atoms with van der Waals surface area (Å²) in [4.78, 5) is 18.9. The van der Waals surface area contributed by atoms with Crippen molar-refractivity contribution in [3.05, 3.63) is 87.0 Å². The molecule has 0 amide bonds. The number of H-pyrrole nitrogens is 1. The van der Waals surface area contributed by atoms with E-state index >= 15 is 0 Å². The second-order valence-electron chi connectivity index (χ2n) is 8.78. The molecule has 0 aliphatic carbocycles. The Hall–Kier alpha value is -3.32. The van der Waals surface area contributed by atoms with Crippen molar-refractivity contribution in [2.45, 2.75) is 45.7 Å². The second kappa shape index (κ2) is 8.67. The molecule has 2 aromatic heterocycles. The van der Waals surface area contributed by atoms with E-state index in [0.29, 0.717) is 17.9 Å². The highest BCUT2D eigenvalue weighted by molar-refractivity contribution is 5.83. The molecule has 1 aliphatic rings. The summed E-state index contributed by atoms with van der Waals surface area (Å²) in [5.41, 5.74) is 4.90. The Balaban J connectivity index is 1.64. The number of nitrogens with zero attached hydrogens (tertiary/aromatic N) is 5. The van der Waals surface area contributed by atoms with Crippen LogP contribution in [0.2, 0.25) is 0 Å². The molecule has 0 saturated carbocycles.